The summed E-state index contributed by atoms with van der Waals surface area (Å²) >= 11 is 0. The highest BCUT2D eigenvalue weighted by Gasteiger charge is 2.22. The third kappa shape index (κ3) is 3.32. The van der Waals surface area contributed by atoms with Crippen LogP contribution < -0.4 is 10.6 Å². The standard InChI is InChI=1S/C13H19F2N3O/c1-8(9-3-5-19-6-4-9)17-13-11(15)7-10(14)12(16-2)18-13/h7-9H,3-6H2,1-2H3,(H2,16,17,18). The van der Waals surface area contributed by atoms with Crippen molar-refractivity contribution in [1.82, 2.24) is 4.98 Å². The Kier molecular flexibility index (Phi) is 4.52. The van der Waals surface area contributed by atoms with Crippen LogP contribution in [0.25, 0.3) is 0 Å². The van der Waals surface area contributed by atoms with E-state index >= 15 is 0 Å². The van der Waals surface area contributed by atoms with Crippen LogP contribution in [-0.4, -0.2) is 31.3 Å². The van der Waals surface area contributed by atoms with Crippen molar-refractivity contribution in [1.29, 1.82) is 0 Å². The summed E-state index contributed by atoms with van der Waals surface area (Å²) in [4.78, 5) is 3.92. The molecule has 0 amide bonds. The third-order valence-electron chi connectivity index (χ3n) is 3.50. The molecule has 0 radical (unpaired) electrons. The Morgan fingerprint density at radius 3 is 2.53 bits per heavy atom. The Hall–Kier alpha value is -1.43. The highest BCUT2D eigenvalue weighted by molar-refractivity contribution is 5.47. The van der Waals surface area contributed by atoms with E-state index in [4.69, 9.17) is 4.74 Å². The van der Waals surface area contributed by atoms with Crippen LogP contribution in [0.15, 0.2) is 6.07 Å². The smallest absolute Gasteiger partial charge is 0.168 e. The van der Waals surface area contributed by atoms with Crippen LogP contribution in [0.5, 0.6) is 0 Å². The van der Waals surface area contributed by atoms with Crippen molar-refractivity contribution in [2.75, 3.05) is 30.9 Å². The number of nitrogens with one attached hydrogen (secondary N) is 2. The average molecular weight is 271 g/mol. The summed E-state index contributed by atoms with van der Waals surface area (Å²) in [5.41, 5.74) is 0. The summed E-state index contributed by atoms with van der Waals surface area (Å²) in [5, 5.41) is 5.64. The van der Waals surface area contributed by atoms with Gasteiger partial charge in [-0.3, -0.25) is 0 Å². The number of hydrogen-bond acceptors (Lipinski definition) is 4. The monoisotopic (exact) mass is 271 g/mol. The maximum Gasteiger partial charge on any atom is 0.168 e. The molecule has 106 valence electrons. The number of halogens is 2. The molecule has 0 saturated carbocycles. The van der Waals surface area contributed by atoms with Crippen molar-refractivity contribution < 1.29 is 13.5 Å². The molecule has 1 atom stereocenters. The van der Waals surface area contributed by atoms with Crippen LogP contribution in [0.2, 0.25) is 0 Å². The van der Waals surface area contributed by atoms with Gasteiger partial charge >= 0.3 is 0 Å². The third-order valence-corrected chi connectivity index (χ3v) is 3.50. The minimum absolute atomic E-state index is 0.0445. The van der Waals surface area contributed by atoms with Crippen molar-refractivity contribution in [2.24, 2.45) is 5.92 Å². The van der Waals surface area contributed by atoms with Crippen LogP contribution in [0.3, 0.4) is 0 Å². The van der Waals surface area contributed by atoms with E-state index in [-0.39, 0.29) is 17.7 Å². The lowest BCUT2D eigenvalue weighted by Crippen LogP contribution is -2.31. The molecule has 4 nitrogen and oxygen atoms in total. The van der Waals surface area contributed by atoms with E-state index in [0.29, 0.717) is 5.92 Å². The van der Waals surface area contributed by atoms with Crippen LogP contribution in [0, 0.1) is 17.6 Å². The summed E-state index contributed by atoms with van der Waals surface area (Å²) in [6.45, 7) is 3.45. The zero-order chi connectivity index (χ0) is 13.8. The maximum atomic E-state index is 13.7. The van der Waals surface area contributed by atoms with Gasteiger partial charge in [-0.05, 0) is 25.7 Å². The zero-order valence-electron chi connectivity index (χ0n) is 11.2. The van der Waals surface area contributed by atoms with Crippen molar-refractivity contribution in [3.8, 4) is 0 Å². The van der Waals surface area contributed by atoms with Gasteiger partial charge < -0.3 is 15.4 Å². The van der Waals surface area contributed by atoms with Gasteiger partial charge in [-0.1, -0.05) is 0 Å². The van der Waals surface area contributed by atoms with E-state index in [1.165, 1.54) is 0 Å². The van der Waals surface area contributed by atoms with E-state index in [9.17, 15) is 8.78 Å². The quantitative estimate of drug-likeness (QED) is 0.883. The number of aromatic nitrogens is 1. The lowest BCUT2D eigenvalue weighted by atomic mass is 9.93. The molecule has 0 aliphatic carbocycles. The van der Waals surface area contributed by atoms with E-state index in [1.54, 1.807) is 7.05 Å². The number of nitrogens with zero attached hydrogens (tertiary/aromatic N) is 1. The Morgan fingerprint density at radius 1 is 1.26 bits per heavy atom. The topological polar surface area (TPSA) is 46.2 Å². The molecule has 1 saturated heterocycles. The number of rotatable bonds is 4. The highest BCUT2D eigenvalue weighted by Crippen LogP contribution is 2.24. The molecule has 2 heterocycles. The van der Waals surface area contributed by atoms with E-state index < -0.39 is 11.6 Å². The summed E-state index contributed by atoms with van der Waals surface area (Å²) < 4.78 is 32.3. The predicted molar refractivity (Wildman–Crippen MR) is 70.3 cm³/mol. The zero-order valence-corrected chi connectivity index (χ0v) is 11.2. The minimum atomic E-state index is -0.690. The SMILES string of the molecule is CNc1nc(NC(C)C2CCOCC2)c(F)cc1F. The van der Waals surface area contributed by atoms with Gasteiger partial charge in [0.05, 0.1) is 0 Å². The first-order valence-corrected chi connectivity index (χ1v) is 6.50. The fourth-order valence-electron chi connectivity index (χ4n) is 2.29. The Labute approximate surface area is 111 Å². The second kappa shape index (κ2) is 6.14. The molecule has 1 unspecified atom stereocenters. The minimum Gasteiger partial charge on any atom is -0.381 e. The lowest BCUT2D eigenvalue weighted by Gasteiger charge is -2.28. The maximum absolute atomic E-state index is 13.7. The van der Waals surface area contributed by atoms with Crippen molar-refractivity contribution in [2.45, 2.75) is 25.8 Å². The van der Waals surface area contributed by atoms with E-state index in [2.05, 4.69) is 15.6 Å². The number of ether oxygens (including phenoxy) is 1. The van der Waals surface area contributed by atoms with E-state index in [1.807, 2.05) is 6.92 Å². The first-order chi connectivity index (χ1) is 9.11. The first kappa shape index (κ1) is 14.0. The number of hydrogen-bond donors (Lipinski definition) is 2. The van der Waals surface area contributed by atoms with Gasteiger partial charge in [-0.25, -0.2) is 13.8 Å². The normalized spacial score (nSPS) is 18.1. The molecule has 6 heteroatoms. The fourth-order valence-corrected chi connectivity index (χ4v) is 2.29. The highest BCUT2D eigenvalue weighted by atomic mass is 19.1. The van der Waals surface area contributed by atoms with Gasteiger partial charge in [0, 0.05) is 32.4 Å². The second-order valence-corrected chi connectivity index (χ2v) is 4.78. The molecular formula is C13H19F2N3O. The second-order valence-electron chi connectivity index (χ2n) is 4.78. The summed E-state index contributed by atoms with van der Waals surface area (Å²) in [6.07, 6.45) is 1.88. The van der Waals surface area contributed by atoms with Crippen LogP contribution in [0.1, 0.15) is 19.8 Å². The van der Waals surface area contributed by atoms with Crippen molar-refractivity contribution >= 4 is 11.6 Å². The first-order valence-electron chi connectivity index (χ1n) is 6.50. The Bertz CT molecular complexity index is 436. The molecule has 1 aliphatic heterocycles. The fraction of sp³-hybridized carbons (Fsp3) is 0.615. The van der Waals surface area contributed by atoms with Gasteiger partial charge in [-0.15, -0.1) is 0 Å². The van der Waals surface area contributed by atoms with Gasteiger partial charge in [0.25, 0.3) is 0 Å². The Balaban J connectivity index is 2.09. The van der Waals surface area contributed by atoms with Crippen LogP contribution >= 0.6 is 0 Å². The van der Waals surface area contributed by atoms with Crippen LogP contribution in [0.4, 0.5) is 20.4 Å². The van der Waals surface area contributed by atoms with E-state index in [0.717, 1.165) is 32.1 Å². The van der Waals surface area contributed by atoms with Crippen molar-refractivity contribution in [3.05, 3.63) is 17.7 Å². The summed E-state index contributed by atoms with van der Waals surface area (Å²) in [7, 11) is 1.55. The molecule has 1 aromatic rings. The molecular weight excluding hydrogens is 252 g/mol. The van der Waals surface area contributed by atoms with Crippen LogP contribution in [-0.2, 0) is 4.74 Å². The van der Waals surface area contributed by atoms with Gasteiger partial charge in [-0.2, -0.15) is 0 Å². The Morgan fingerprint density at radius 2 is 1.89 bits per heavy atom. The van der Waals surface area contributed by atoms with Gasteiger partial charge in [0.15, 0.2) is 23.3 Å². The largest absolute Gasteiger partial charge is 0.381 e. The molecule has 1 aromatic heterocycles. The average Bonchev–Trinajstić information content (AvgIpc) is 2.42. The molecule has 0 spiro atoms. The molecule has 2 N–H and O–H groups in total. The molecule has 1 fully saturated rings. The lowest BCUT2D eigenvalue weighted by molar-refractivity contribution is 0.0622. The molecule has 0 aromatic carbocycles. The number of anilines is 2. The van der Waals surface area contributed by atoms with Crippen molar-refractivity contribution in [3.63, 3.8) is 0 Å². The summed E-state index contributed by atoms with van der Waals surface area (Å²) in [6, 6.07) is 0.916. The molecule has 2 rings (SSSR count). The molecule has 19 heavy (non-hydrogen) atoms. The van der Waals surface area contributed by atoms with Gasteiger partial charge in [0.1, 0.15) is 0 Å². The summed E-state index contributed by atoms with van der Waals surface area (Å²) in [5.74, 6) is -0.814. The molecule has 0 bridgehead atoms. The molecule has 1 aliphatic rings. The van der Waals surface area contributed by atoms with Gasteiger partial charge in [0.2, 0.25) is 0 Å². The predicted octanol–water partition coefficient (Wildman–Crippen LogP) is 2.63. The number of pyridine rings is 1.